The monoisotopic (exact) mass is 178 g/mol. The van der Waals surface area contributed by atoms with E-state index in [0.29, 0.717) is 11.9 Å². The molecule has 0 unspecified atom stereocenters. The molecular weight excluding hydrogens is 164 g/mol. The predicted octanol–water partition coefficient (Wildman–Crippen LogP) is 1.42. The van der Waals surface area contributed by atoms with Crippen molar-refractivity contribution in [2.75, 3.05) is 5.43 Å². The minimum atomic E-state index is 0.518. The van der Waals surface area contributed by atoms with Crippen LogP contribution in [0, 0.1) is 0 Å². The number of nitrogens with one attached hydrogen (secondary N) is 1. The fourth-order valence-electron chi connectivity index (χ4n) is 1.89. The van der Waals surface area contributed by atoms with Gasteiger partial charge in [0.2, 0.25) is 5.95 Å². The molecule has 1 aromatic rings. The molecule has 0 saturated heterocycles. The number of rotatable bonds is 2. The molecule has 1 aliphatic carbocycles. The van der Waals surface area contributed by atoms with Crippen LogP contribution in [0.4, 0.5) is 5.95 Å². The van der Waals surface area contributed by atoms with Gasteiger partial charge in [-0.05, 0) is 18.9 Å². The molecule has 4 nitrogen and oxygen atoms in total. The molecule has 0 atom stereocenters. The van der Waals surface area contributed by atoms with Crippen LogP contribution < -0.4 is 11.3 Å². The molecule has 1 heterocycles. The lowest BCUT2D eigenvalue weighted by atomic mass is 10.0. The summed E-state index contributed by atoms with van der Waals surface area (Å²) >= 11 is 0. The van der Waals surface area contributed by atoms with Gasteiger partial charge in [0, 0.05) is 17.8 Å². The van der Waals surface area contributed by atoms with Crippen LogP contribution >= 0.6 is 0 Å². The summed E-state index contributed by atoms with van der Waals surface area (Å²) in [6.45, 7) is 0. The summed E-state index contributed by atoms with van der Waals surface area (Å²) in [4.78, 5) is 8.31. The van der Waals surface area contributed by atoms with E-state index in [0.717, 1.165) is 5.69 Å². The number of hydrogen-bond donors (Lipinski definition) is 2. The Balaban J connectivity index is 2.18. The molecule has 1 fully saturated rings. The SMILES string of the molecule is NNc1nccc(C2CCCC2)n1. The van der Waals surface area contributed by atoms with Gasteiger partial charge in [0.05, 0.1) is 0 Å². The maximum absolute atomic E-state index is 5.24. The molecule has 0 spiro atoms. The third-order valence-corrected chi connectivity index (χ3v) is 2.58. The Morgan fingerprint density at radius 2 is 2.15 bits per heavy atom. The van der Waals surface area contributed by atoms with E-state index in [1.807, 2.05) is 6.07 Å². The van der Waals surface area contributed by atoms with Crippen molar-refractivity contribution in [1.82, 2.24) is 9.97 Å². The topological polar surface area (TPSA) is 63.8 Å². The fraction of sp³-hybridized carbons (Fsp3) is 0.556. The van der Waals surface area contributed by atoms with Crippen LogP contribution in [-0.2, 0) is 0 Å². The van der Waals surface area contributed by atoms with Crippen LogP contribution in [0.25, 0.3) is 0 Å². The summed E-state index contributed by atoms with van der Waals surface area (Å²) in [7, 11) is 0. The Kier molecular flexibility index (Phi) is 2.40. The van der Waals surface area contributed by atoms with E-state index in [9.17, 15) is 0 Å². The molecule has 1 aromatic heterocycles. The van der Waals surface area contributed by atoms with Crippen LogP contribution in [-0.4, -0.2) is 9.97 Å². The zero-order valence-corrected chi connectivity index (χ0v) is 7.53. The molecule has 0 aromatic carbocycles. The largest absolute Gasteiger partial charge is 0.292 e. The number of nitrogens with two attached hydrogens (primary N) is 1. The van der Waals surface area contributed by atoms with E-state index < -0.39 is 0 Å². The second-order valence-electron chi connectivity index (χ2n) is 3.43. The first-order valence-electron chi connectivity index (χ1n) is 4.69. The van der Waals surface area contributed by atoms with Gasteiger partial charge in [-0.2, -0.15) is 0 Å². The van der Waals surface area contributed by atoms with E-state index in [4.69, 9.17) is 5.84 Å². The molecule has 4 heteroatoms. The average molecular weight is 178 g/mol. The van der Waals surface area contributed by atoms with Gasteiger partial charge in [0.1, 0.15) is 0 Å². The normalized spacial score (nSPS) is 17.6. The lowest BCUT2D eigenvalue weighted by Gasteiger charge is -2.08. The number of anilines is 1. The Morgan fingerprint density at radius 3 is 2.85 bits per heavy atom. The maximum Gasteiger partial charge on any atom is 0.237 e. The zero-order valence-electron chi connectivity index (χ0n) is 7.53. The summed E-state index contributed by atoms with van der Waals surface area (Å²) in [5.41, 5.74) is 3.59. The first-order valence-corrected chi connectivity index (χ1v) is 4.69. The summed E-state index contributed by atoms with van der Waals surface area (Å²) < 4.78 is 0. The molecule has 0 amide bonds. The second-order valence-corrected chi connectivity index (χ2v) is 3.43. The highest BCUT2D eigenvalue weighted by molar-refractivity contribution is 5.24. The van der Waals surface area contributed by atoms with Crippen molar-refractivity contribution in [2.45, 2.75) is 31.6 Å². The van der Waals surface area contributed by atoms with Crippen molar-refractivity contribution in [1.29, 1.82) is 0 Å². The molecule has 0 bridgehead atoms. The second kappa shape index (κ2) is 3.70. The lowest BCUT2D eigenvalue weighted by molar-refractivity contribution is 0.695. The van der Waals surface area contributed by atoms with Crippen LogP contribution in [0.15, 0.2) is 12.3 Å². The molecule has 2 rings (SSSR count). The minimum absolute atomic E-state index is 0.518. The van der Waals surface area contributed by atoms with Gasteiger partial charge in [-0.25, -0.2) is 15.8 Å². The summed E-state index contributed by atoms with van der Waals surface area (Å²) in [6.07, 6.45) is 6.90. The van der Waals surface area contributed by atoms with Crippen LogP contribution in [0.1, 0.15) is 37.3 Å². The highest BCUT2D eigenvalue weighted by atomic mass is 15.3. The summed E-state index contributed by atoms with van der Waals surface area (Å²) in [5.74, 6) is 6.38. The zero-order chi connectivity index (χ0) is 9.10. The van der Waals surface area contributed by atoms with E-state index in [1.54, 1.807) is 6.20 Å². The van der Waals surface area contributed by atoms with Crippen LogP contribution in [0.5, 0.6) is 0 Å². The number of aromatic nitrogens is 2. The van der Waals surface area contributed by atoms with Crippen molar-refractivity contribution >= 4 is 5.95 Å². The van der Waals surface area contributed by atoms with Gasteiger partial charge >= 0.3 is 0 Å². The van der Waals surface area contributed by atoms with E-state index >= 15 is 0 Å². The number of hydrogen-bond acceptors (Lipinski definition) is 4. The van der Waals surface area contributed by atoms with Gasteiger partial charge < -0.3 is 0 Å². The molecule has 70 valence electrons. The Morgan fingerprint density at radius 1 is 1.38 bits per heavy atom. The van der Waals surface area contributed by atoms with E-state index in [-0.39, 0.29) is 0 Å². The summed E-state index contributed by atoms with van der Waals surface area (Å²) in [5, 5.41) is 0. The third kappa shape index (κ3) is 1.78. The third-order valence-electron chi connectivity index (χ3n) is 2.58. The maximum atomic E-state index is 5.24. The summed E-state index contributed by atoms with van der Waals surface area (Å²) in [6, 6.07) is 1.98. The van der Waals surface area contributed by atoms with Crippen molar-refractivity contribution in [2.24, 2.45) is 5.84 Å². The Bertz CT molecular complexity index is 281. The average Bonchev–Trinajstić information content (AvgIpc) is 2.71. The van der Waals surface area contributed by atoms with Crippen molar-refractivity contribution in [3.05, 3.63) is 18.0 Å². The van der Waals surface area contributed by atoms with Crippen molar-refractivity contribution < 1.29 is 0 Å². The molecule has 0 radical (unpaired) electrons. The smallest absolute Gasteiger partial charge is 0.237 e. The van der Waals surface area contributed by atoms with Crippen molar-refractivity contribution in [3.8, 4) is 0 Å². The molecular formula is C9H14N4. The molecule has 3 N–H and O–H groups in total. The van der Waals surface area contributed by atoms with E-state index in [2.05, 4.69) is 15.4 Å². The highest BCUT2D eigenvalue weighted by Crippen LogP contribution is 2.32. The Labute approximate surface area is 77.5 Å². The molecule has 1 saturated carbocycles. The Hall–Kier alpha value is -1.16. The first kappa shape index (κ1) is 8.44. The minimum Gasteiger partial charge on any atom is -0.292 e. The van der Waals surface area contributed by atoms with Crippen LogP contribution in [0.2, 0.25) is 0 Å². The fourth-order valence-corrected chi connectivity index (χ4v) is 1.89. The van der Waals surface area contributed by atoms with Gasteiger partial charge in [-0.3, -0.25) is 5.43 Å². The van der Waals surface area contributed by atoms with Crippen molar-refractivity contribution in [3.63, 3.8) is 0 Å². The lowest BCUT2D eigenvalue weighted by Crippen LogP contribution is -2.11. The van der Waals surface area contributed by atoms with Gasteiger partial charge in [0.25, 0.3) is 0 Å². The standard InChI is InChI=1S/C9H14N4/c10-13-9-11-6-5-8(12-9)7-3-1-2-4-7/h5-7H,1-4,10H2,(H,11,12,13). The van der Waals surface area contributed by atoms with E-state index in [1.165, 1.54) is 25.7 Å². The van der Waals surface area contributed by atoms with Gasteiger partial charge in [-0.15, -0.1) is 0 Å². The first-order chi connectivity index (χ1) is 6.40. The molecule has 0 aliphatic heterocycles. The van der Waals surface area contributed by atoms with Crippen LogP contribution in [0.3, 0.4) is 0 Å². The molecule has 1 aliphatic rings. The predicted molar refractivity (Wildman–Crippen MR) is 51.1 cm³/mol. The number of nitrogen functional groups attached to an aromatic ring is 1. The number of nitrogens with zero attached hydrogens (tertiary/aromatic N) is 2. The number of hydrazine groups is 1. The van der Waals surface area contributed by atoms with Gasteiger partial charge in [-0.1, -0.05) is 12.8 Å². The molecule has 13 heavy (non-hydrogen) atoms. The van der Waals surface area contributed by atoms with Gasteiger partial charge in [0.15, 0.2) is 0 Å². The highest BCUT2D eigenvalue weighted by Gasteiger charge is 2.18. The quantitative estimate of drug-likeness (QED) is 0.531.